The number of carboxylic acid groups (broad SMARTS) is 1. The maximum absolute atomic E-state index is 11.0. The Labute approximate surface area is 171 Å². The quantitative estimate of drug-likeness (QED) is 0.266. The largest absolute Gasteiger partial charge is 0.507 e. The summed E-state index contributed by atoms with van der Waals surface area (Å²) < 4.78 is 0. The van der Waals surface area contributed by atoms with Crippen molar-refractivity contribution < 1.29 is 15.0 Å². The van der Waals surface area contributed by atoms with Gasteiger partial charge in [0.05, 0.1) is 0 Å². The normalized spacial score (nSPS) is 11.3. The van der Waals surface area contributed by atoms with Crippen LogP contribution in [0.3, 0.4) is 0 Å². The van der Waals surface area contributed by atoms with Crippen LogP contribution in [0.5, 0.6) is 5.75 Å². The van der Waals surface area contributed by atoms with Gasteiger partial charge in [0, 0.05) is 0 Å². The Morgan fingerprint density at radius 2 is 1.32 bits per heavy atom. The van der Waals surface area contributed by atoms with E-state index < -0.39 is 5.97 Å². The molecule has 0 aromatic heterocycles. The third-order valence-corrected chi connectivity index (χ3v) is 5.29. The number of hydrogen-bond acceptors (Lipinski definition) is 2. The van der Waals surface area contributed by atoms with E-state index in [1.807, 2.05) is 6.08 Å². The zero-order valence-electron chi connectivity index (χ0n) is 17.8. The minimum absolute atomic E-state index is 0.0429. The molecule has 2 N–H and O–H groups in total. The highest BCUT2D eigenvalue weighted by Gasteiger charge is 2.08. The Kier molecular flexibility index (Phi) is 14.0. The zero-order chi connectivity index (χ0) is 20.5. The number of benzene rings is 1. The number of aromatic carboxylic acids is 1. The number of carboxylic acids is 1. The molecule has 1 aromatic rings. The van der Waals surface area contributed by atoms with Gasteiger partial charge in [0.25, 0.3) is 0 Å². The van der Waals surface area contributed by atoms with Crippen LogP contribution in [0.4, 0.5) is 0 Å². The number of phenols is 1. The Hall–Kier alpha value is -1.77. The summed E-state index contributed by atoms with van der Waals surface area (Å²) in [5.74, 6) is -1.28. The molecule has 0 saturated carbocycles. The van der Waals surface area contributed by atoms with Gasteiger partial charge in [0.2, 0.25) is 0 Å². The molecule has 158 valence electrons. The smallest absolute Gasteiger partial charge is 0.339 e. The van der Waals surface area contributed by atoms with Crippen molar-refractivity contribution in [1.82, 2.24) is 0 Å². The molecule has 0 bridgehead atoms. The first-order chi connectivity index (χ1) is 13.6. The molecule has 0 aliphatic rings. The van der Waals surface area contributed by atoms with Crippen molar-refractivity contribution in [3.05, 3.63) is 35.4 Å². The first kappa shape index (κ1) is 24.3. The van der Waals surface area contributed by atoms with Gasteiger partial charge in [0.15, 0.2) is 0 Å². The SMILES string of the molecule is CCCCCCCCCCCCCCCC/C=C/c1ccc(O)c(C(=O)O)c1. The molecular formula is C25H40O3. The van der Waals surface area contributed by atoms with E-state index in [4.69, 9.17) is 5.11 Å². The van der Waals surface area contributed by atoms with Crippen molar-refractivity contribution >= 4 is 12.0 Å². The molecule has 0 spiro atoms. The average molecular weight is 389 g/mol. The molecule has 1 rings (SSSR count). The summed E-state index contributed by atoms with van der Waals surface area (Å²) in [5.41, 5.74) is 0.777. The van der Waals surface area contributed by atoms with Crippen LogP contribution in [0, 0.1) is 0 Å². The second kappa shape index (κ2) is 16.2. The third-order valence-electron chi connectivity index (χ3n) is 5.29. The van der Waals surface area contributed by atoms with Gasteiger partial charge in [-0.2, -0.15) is 0 Å². The Balaban J connectivity index is 1.95. The first-order valence-electron chi connectivity index (χ1n) is 11.4. The maximum atomic E-state index is 11.0. The minimum atomic E-state index is -1.10. The van der Waals surface area contributed by atoms with Crippen LogP contribution in [0.15, 0.2) is 24.3 Å². The van der Waals surface area contributed by atoms with E-state index in [1.54, 1.807) is 6.07 Å². The predicted molar refractivity (Wildman–Crippen MR) is 119 cm³/mol. The van der Waals surface area contributed by atoms with Crippen LogP contribution in [0.25, 0.3) is 6.08 Å². The van der Waals surface area contributed by atoms with Crippen molar-refractivity contribution in [1.29, 1.82) is 0 Å². The van der Waals surface area contributed by atoms with Crippen LogP contribution in [0.2, 0.25) is 0 Å². The number of unbranched alkanes of at least 4 members (excludes halogenated alkanes) is 14. The van der Waals surface area contributed by atoms with E-state index in [-0.39, 0.29) is 11.3 Å². The van der Waals surface area contributed by atoms with Gasteiger partial charge in [-0.3, -0.25) is 0 Å². The topological polar surface area (TPSA) is 57.5 Å². The molecule has 0 radical (unpaired) electrons. The minimum Gasteiger partial charge on any atom is -0.507 e. The highest BCUT2D eigenvalue weighted by atomic mass is 16.4. The summed E-state index contributed by atoms with van der Waals surface area (Å²) in [4.78, 5) is 11.0. The van der Waals surface area contributed by atoms with Gasteiger partial charge >= 0.3 is 5.97 Å². The molecule has 0 unspecified atom stereocenters. The molecule has 0 heterocycles. The lowest BCUT2D eigenvalue weighted by molar-refractivity contribution is 0.0693. The molecule has 28 heavy (non-hydrogen) atoms. The second-order valence-corrected chi connectivity index (χ2v) is 7.87. The van der Waals surface area contributed by atoms with Crippen LogP contribution < -0.4 is 0 Å². The molecule has 0 fully saturated rings. The van der Waals surface area contributed by atoms with Gasteiger partial charge < -0.3 is 10.2 Å². The van der Waals surface area contributed by atoms with Crippen molar-refractivity contribution in [2.45, 2.75) is 103 Å². The van der Waals surface area contributed by atoms with Crippen LogP contribution in [-0.2, 0) is 0 Å². The number of carbonyl (C=O) groups is 1. The Morgan fingerprint density at radius 3 is 1.82 bits per heavy atom. The molecule has 1 aromatic carbocycles. The summed E-state index contributed by atoms with van der Waals surface area (Å²) in [5, 5.41) is 18.5. The van der Waals surface area contributed by atoms with Gasteiger partial charge in [-0.05, 0) is 30.5 Å². The van der Waals surface area contributed by atoms with E-state index in [0.717, 1.165) is 12.0 Å². The monoisotopic (exact) mass is 388 g/mol. The fraction of sp³-hybridized carbons (Fsp3) is 0.640. The average Bonchev–Trinajstić information content (AvgIpc) is 2.68. The summed E-state index contributed by atoms with van der Waals surface area (Å²) in [7, 11) is 0. The lowest BCUT2D eigenvalue weighted by Gasteiger charge is -2.03. The first-order valence-corrected chi connectivity index (χ1v) is 11.4. The van der Waals surface area contributed by atoms with Crippen molar-refractivity contribution in [3.63, 3.8) is 0 Å². The maximum Gasteiger partial charge on any atom is 0.339 e. The summed E-state index contributed by atoms with van der Waals surface area (Å²) in [6.45, 7) is 2.27. The van der Waals surface area contributed by atoms with Crippen molar-refractivity contribution in [3.8, 4) is 5.75 Å². The molecule has 0 aliphatic heterocycles. The third kappa shape index (κ3) is 11.8. The molecular weight excluding hydrogens is 348 g/mol. The van der Waals surface area contributed by atoms with Gasteiger partial charge in [0.1, 0.15) is 11.3 Å². The fourth-order valence-electron chi connectivity index (χ4n) is 3.50. The molecule has 0 aliphatic carbocycles. The second-order valence-electron chi connectivity index (χ2n) is 7.87. The lowest BCUT2D eigenvalue weighted by atomic mass is 10.0. The van der Waals surface area contributed by atoms with Crippen LogP contribution in [-0.4, -0.2) is 16.2 Å². The Morgan fingerprint density at radius 1 is 0.821 bits per heavy atom. The summed E-state index contributed by atoms with van der Waals surface area (Å²) in [6, 6.07) is 4.69. The number of hydrogen-bond donors (Lipinski definition) is 2. The van der Waals surface area contributed by atoms with E-state index in [2.05, 4.69) is 13.0 Å². The number of allylic oxidation sites excluding steroid dienone is 1. The van der Waals surface area contributed by atoms with E-state index >= 15 is 0 Å². The van der Waals surface area contributed by atoms with E-state index in [1.165, 1.54) is 102 Å². The van der Waals surface area contributed by atoms with Gasteiger partial charge in [-0.25, -0.2) is 4.79 Å². The molecule has 0 amide bonds. The fourth-order valence-corrected chi connectivity index (χ4v) is 3.50. The van der Waals surface area contributed by atoms with Gasteiger partial charge in [-0.15, -0.1) is 0 Å². The van der Waals surface area contributed by atoms with Crippen molar-refractivity contribution in [2.24, 2.45) is 0 Å². The predicted octanol–water partition coefficient (Wildman–Crippen LogP) is 7.98. The lowest BCUT2D eigenvalue weighted by Crippen LogP contribution is -1.96. The molecule has 0 saturated heterocycles. The molecule has 3 heteroatoms. The highest BCUT2D eigenvalue weighted by Crippen LogP contribution is 2.19. The van der Waals surface area contributed by atoms with E-state index in [9.17, 15) is 9.90 Å². The number of aromatic hydroxyl groups is 1. The van der Waals surface area contributed by atoms with Crippen LogP contribution >= 0.6 is 0 Å². The highest BCUT2D eigenvalue weighted by molar-refractivity contribution is 5.91. The Bertz CT molecular complexity index is 563. The summed E-state index contributed by atoms with van der Waals surface area (Å²) >= 11 is 0. The number of rotatable bonds is 17. The zero-order valence-corrected chi connectivity index (χ0v) is 17.8. The van der Waals surface area contributed by atoms with E-state index in [0.29, 0.717) is 0 Å². The standard InChI is InChI=1S/C25H40O3/c1-2-3-4-5-6-7-8-9-10-11-12-13-14-15-16-17-18-22-19-20-24(26)23(21-22)25(27)28/h17-21,26H,2-16H2,1H3,(H,27,28)/b18-17+. The van der Waals surface area contributed by atoms with Crippen molar-refractivity contribution in [2.75, 3.05) is 0 Å². The van der Waals surface area contributed by atoms with Crippen LogP contribution in [0.1, 0.15) is 119 Å². The summed E-state index contributed by atoms with van der Waals surface area (Å²) in [6.07, 6.45) is 24.2. The molecule has 3 nitrogen and oxygen atoms in total. The molecule has 0 atom stereocenters. The van der Waals surface area contributed by atoms with Gasteiger partial charge in [-0.1, -0.05) is 109 Å².